The van der Waals surface area contributed by atoms with Crippen LogP contribution >= 0.6 is 11.3 Å². The van der Waals surface area contributed by atoms with Crippen molar-refractivity contribution in [3.05, 3.63) is 77.8 Å². The molecule has 134 valence electrons. The smallest absolute Gasteiger partial charge is 0.251 e. The van der Waals surface area contributed by atoms with Gasteiger partial charge in [-0.3, -0.25) is 4.79 Å². The number of thiophene rings is 1. The Balaban J connectivity index is 1.39. The van der Waals surface area contributed by atoms with E-state index in [9.17, 15) is 4.79 Å². The van der Waals surface area contributed by atoms with E-state index in [-0.39, 0.29) is 12.5 Å². The van der Waals surface area contributed by atoms with E-state index < -0.39 is 0 Å². The van der Waals surface area contributed by atoms with Crippen LogP contribution < -0.4 is 10.6 Å². The van der Waals surface area contributed by atoms with Gasteiger partial charge in [-0.2, -0.15) is 0 Å². The zero-order chi connectivity index (χ0) is 18.5. The third-order valence-electron chi connectivity index (χ3n) is 3.66. The van der Waals surface area contributed by atoms with Crippen LogP contribution in [0.2, 0.25) is 0 Å². The maximum absolute atomic E-state index is 12.4. The van der Waals surface area contributed by atoms with Crippen LogP contribution in [0, 0.1) is 0 Å². The van der Waals surface area contributed by atoms with E-state index in [1.54, 1.807) is 54.3 Å². The number of nitrogens with one attached hydrogen (secondary N) is 2. The lowest BCUT2D eigenvalue weighted by atomic mass is 10.2. The standard InChI is InChI=1S/C19H15N5O2S/c25-17(22-11-15-12-26-18(23-15)16-6-2-9-27-16)13-4-1-5-14(10-13)24-19-20-7-3-8-21-19/h1-10,12H,11H2,(H,22,25)(H,20,21,24). The first-order chi connectivity index (χ1) is 13.3. The van der Waals surface area contributed by atoms with Crippen molar-refractivity contribution in [2.24, 2.45) is 0 Å². The highest BCUT2D eigenvalue weighted by atomic mass is 32.1. The van der Waals surface area contributed by atoms with Gasteiger partial charge < -0.3 is 15.1 Å². The predicted octanol–water partition coefficient (Wildman–Crippen LogP) is 3.87. The Morgan fingerprint density at radius 3 is 2.81 bits per heavy atom. The summed E-state index contributed by atoms with van der Waals surface area (Å²) in [6, 6.07) is 12.7. The van der Waals surface area contributed by atoms with Gasteiger partial charge in [-0.05, 0) is 35.7 Å². The maximum Gasteiger partial charge on any atom is 0.251 e. The lowest BCUT2D eigenvalue weighted by Gasteiger charge is -2.07. The quantitative estimate of drug-likeness (QED) is 0.530. The maximum atomic E-state index is 12.4. The van der Waals surface area contributed by atoms with Crippen molar-refractivity contribution in [2.45, 2.75) is 6.54 Å². The highest BCUT2D eigenvalue weighted by Gasteiger charge is 2.10. The molecule has 0 fully saturated rings. The molecule has 0 saturated carbocycles. The van der Waals surface area contributed by atoms with E-state index in [4.69, 9.17) is 4.42 Å². The monoisotopic (exact) mass is 377 g/mol. The Morgan fingerprint density at radius 1 is 1.11 bits per heavy atom. The molecule has 7 nitrogen and oxygen atoms in total. The van der Waals surface area contributed by atoms with Gasteiger partial charge >= 0.3 is 0 Å². The van der Waals surface area contributed by atoms with Crippen molar-refractivity contribution in [3.63, 3.8) is 0 Å². The molecule has 1 aromatic carbocycles. The number of oxazole rings is 1. The number of hydrogen-bond acceptors (Lipinski definition) is 7. The minimum absolute atomic E-state index is 0.201. The van der Waals surface area contributed by atoms with Crippen LogP contribution in [0.3, 0.4) is 0 Å². The molecule has 0 aliphatic carbocycles. The summed E-state index contributed by atoms with van der Waals surface area (Å²) in [7, 11) is 0. The third-order valence-corrected chi connectivity index (χ3v) is 4.52. The number of carbonyl (C=O) groups excluding carboxylic acids is 1. The highest BCUT2D eigenvalue weighted by Crippen LogP contribution is 2.23. The number of carbonyl (C=O) groups is 1. The van der Waals surface area contributed by atoms with Crippen LogP contribution in [-0.2, 0) is 6.54 Å². The summed E-state index contributed by atoms with van der Waals surface area (Å²) in [6.45, 7) is 0.285. The van der Waals surface area contributed by atoms with Crippen LogP contribution in [0.5, 0.6) is 0 Å². The number of rotatable bonds is 6. The number of anilines is 2. The zero-order valence-electron chi connectivity index (χ0n) is 14.1. The van der Waals surface area contributed by atoms with Gasteiger partial charge in [0.15, 0.2) is 0 Å². The Morgan fingerprint density at radius 2 is 2.00 bits per heavy atom. The molecular formula is C19H15N5O2S. The number of hydrogen-bond donors (Lipinski definition) is 2. The van der Waals surface area contributed by atoms with Gasteiger partial charge in [0.05, 0.1) is 17.1 Å². The number of benzene rings is 1. The molecule has 0 bridgehead atoms. The fourth-order valence-corrected chi connectivity index (χ4v) is 3.06. The molecule has 3 aromatic heterocycles. The van der Waals surface area contributed by atoms with E-state index in [1.807, 2.05) is 23.6 Å². The van der Waals surface area contributed by atoms with Crippen molar-refractivity contribution in [3.8, 4) is 10.8 Å². The van der Waals surface area contributed by atoms with E-state index in [2.05, 4.69) is 25.6 Å². The molecule has 0 saturated heterocycles. The van der Waals surface area contributed by atoms with Gasteiger partial charge in [-0.15, -0.1) is 11.3 Å². The topological polar surface area (TPSA) is 92.9 Å². The average Bonchev–Trinajstić information content (AvgIpc) is 3.39. The molecule has 4 rings (SSSR count). The van der Waals surface area contributed by atoms with Crippen molar-refractivity contribution < 1.29 is 9.21 Å². The molecule has 27 heavy (non-hydrogen) atoms. The van der Waals surface area contributed by atoms with Gasteiger partial charge in [0.25, 0.3) is 5.91 Å². The molecule has 2 N–H and O–H groups in total. The SMILES string of the molecule is O=C(NCc1coc(-c2cccs2)n1)c1cccc(Nc2ncccn2)c1. The zero-order valence-corrected chi connectivity index (χ0v) is 14.9. The normalized spacial score (nSPS) is 10.5. The molecule has 1 amide bonds. The molecule has 0 radical (unpaired) electrons. The molecule has 4 aromatic rings. The second-order valence-corrected chi connectivity index (χ2v) is 6.53. The Bertz CT molecular complexity index is 1030. The molecule has 0 aliphatic heterocycles. The van der Waals surface area contributed by atoms with E-state index in [0.29, 0.717) is 23.1 Å². The van der Waals surface area contributed by atoms with Gasteiger partial charge in [-0.25, -0.2) is 15.0 Å². The van der Waals surface area contributed by atoms with Gasteiger partial charge in [-0.1, -0.05) is 12.1 Å². The molecule has 0 atom stereocenters. The number of amides is 1. The van der Waals surface area contributed by atoms with Crippen LogP contribution in [0.25, 0.3) is 10.8 Å². The molecular weight excluding hydrogens is 362 g/mol. The minimum atomic E-state index is -0.201. The molecule has 8 heteroatoms. The number of aromatic nitrogens is 3. The van der Waals surface area contributed by atoms with Gasteiger partial charge in [0, 0.05) is 23.6 Å². The summed E-state index contributed by atoms with van der Waals surface area (Å²) in [4.78, 5) is 26.0. The van der Waals surface area contributed by atoms with Crippen molar-refractivity contribution in [1.29, 1.82) is 0 Å². The Labute approximate surface area is 159 Å². The van der Waals surface area contributed by atoms with Crippen molar-refractivity contribution in [1.82, 2.24) is 20.3 Å². The first-order valence-electron chi connectivity index (χ1n) is 8.18. The Hall–Kier alpha value is -3.52. The van der Waals surface area contributed by atoms with Crippen molar-refractivity contribution >= 4 is 28.9 Å². The van der Waals surface area contributed by atoms with Crippen LogP contribution in [0.4, 0.5) is 11.6 Å². The molecule has 0 unspecified atom stereocenters. The second-order valence-electron chi connectivity index (χ2n) is 5.58. The third kappa shape index (κ3) is 4.18. The summed E-state index contributed by atoms with van der Waals surface area (Å²) in [5, 5.41) is 7.87. The van der Waals surface area contributed by atoms with E-state index in [0.717, 1.165) is 10.6 Å². The fraction of sp³-hybridized carbons (Fsp3) is 0.0526. The second kappa shape index (κ2) is 7.79. The first kappa shape index (κ1) is 16.9. The predicted molar refractivity (Wildman–Crippen MR) is 103 cm³/mol. The lowest BCUT2D eigenvalue weighted by Crippen LogP contribution is -2.23. The first-order valence-corrected chi connectivity index (χ1v) is 9.06. The van der Waals surface area contributed by atoms with Gasteiger partial charge in [0.2, 0.25) is 11.8 Å². The Kier molecular flexibility index (Phi) is 4.88. The minimum Gasteiger partial charge on any atom is -0.443 e. The summed E-state index contributed by atoms with van der Waals surface area (Å²) < 4.78 is 5.46. The summed E-state index contributed by atoms with van der Waals surface area (Å²) in [5.41, 5.74) is 1.92. The largest absolute Gasteiger partial charge is 0.443 e. The summed E-state index contributed by atoms with van der Waals surface area (Å²) in [6.07, 6.45) is 4.85. The fourth-order valence-electron chi connectivity index (χ4n) is 2.41. The lowest BCUT2D eigenvalue weighted by molar-refractivity contribution is 0.0950. The average molecular weight is 377 g/mol. The van der Waals surface area contributed by atoms with Crippen LogP contribution in [0.15, 0.2) is 70.9 Å². The molecule has 3 heterocycles. The van der Waals surface area contributed by atoms with Crippen LogP contribution in [-0.4, -0.2) is 20.9 Å². The van der Waals surface area contributed by atoms with Crippen LogP contribution in [0.1, 0.15) is 16.1 Å². The van der Waals surface area contributed by atoms with Crippen molar-refractivity contribution in [2.75, 3.05) is 5.32 Å². The summed E-state index contributed by atoms with van der Waals surface area (Å²) in [5.74, 6) is 0.829. The van der Waals surface area contributed by atoms with E-state index in [1.165, 1.54) is 0 Å². The van der Waals surface area contributed by atoms with Gasteiger partial charge in [0.1, 0.15) is 6.26 Å². The molecule has 0 spiro atoms. The molecule has 0 aliphatic rings. The number of nitrogens with zero attached hydrogens (tertiary/aromatic N) is 3. The van der Waals surface area contributed by atoms with E-state index >= 15 is 0 Å². The summed E-state index contributed by atoms with van der Waals surface area (Å²) >= 11 is 1.55. The highest BCUT2D eigenvalue weighted by molar-refractivity contribution is 7.13.